The van der Waals surface area contributed by atoms with Gasteiger partial charge >= 0.3 is 0 Å². The Hall–Kier alpha value is -1.13. The van der Waals surface area contributed by atoms with Gasteiger partial charge in [0.2, 0.25) is 0 Å². The summed E-state index contributed by atoms with van der Waals surface area (Å²) in [4.78, 5) is 4.31. The zero-order chi connectivity index (χ0) is 14.4. The summed E-state index contributed by atoms with van der Waals surface area (Å²) in [5.41, 5.74) is 1.02. The van der Waals surface area contributed by atoms with Crippen molar-refractivity contribution in [2.75, 3.05) is 20.8 Å². The maximum atomic E-state index is 5.95. The molecule has 20 heavy (non-hydrogen) atoms. The molecule has 4 nitrogen and oxygen atoms in total. The maximum Gasteiger partial charge on any atom is 0.137 e. The Kier molecular flexibility index (Phi) is 5.38. The summed E-state index contributed by atoms with van der Waals surface area (Å²) in [5, 5.41) is 3.43. The van der Waals surface area contributed by atoms with Crippen LogP contribution in [0.3, 0.4) is 0 Å². The quantitative estimate of drug-likeness (QED) is 0.868. The molecule has 0 aliphatic heterocycles. The molecule has 1 saturated carbocycles. The van der Waals surface area contributed by atoms with Gasteiger partial charge in [-0.15, -0.1) is 0 Å². The SMILES string of the molecule is CCOc1cncc(C(NC)C2(OC)CCCCC2)c1. The van der Waals surface area contributed by atoms with Crippen molar-refractivity contribution >= 4 is 0 Å². The van der Waals surface area contributed by atoms with Crippen LogP contribution in [0.25, 0.3) is 0 Å². The number of methoxy groups -OCH3 is 1. The van der Waals surface area contributed by atoms with Gasteiger partial charge in [-0.3, -0.25) is 4.98 Å². The number of rotatable bonds is 6. The second kappa shape index (κ2) is 7.04. The van der Waals surface area contributed by atoms with E-state index in [9.17, 15) is 0 Å². The van der Waals surface area contributed by atoms with Crippen LogP contribution in [0.15, 0.2) is 18.5 Å². The van der Waals surface area contributed by atoms with E-state index in [0.29, 0.717) is 6.61 Å². The molecular formula is C16H26N2O2. The summed E-state index contributed by atoms with van der Waals surface area (Å²) in [6.45, 7) is 2.64. The van der Waals surface area contributed by atoms with Crippen molar-refractivity contribution in [3.63, 3.8) is 0 Å². The highest BCUT2D eigenvalue weighted by Gasteiger charge is 2.40. The molecule has 0 saturated heterocycles. The molecule has 0 radical (unpaired) electrons. The maximum absolute atomic E-state index is 5.95. The van der Waals surface area contributed by atoms with Crippen molar-refractivity contribution in [1.29, 1.82) is 0 Å². The minimum Gasteiger partial charge on any atom is -0.492 e. The van der Waals surface area contributed by atoms with Crippen LogP contribution >= 0.6 is 0 Å². The van der Waals surface area contributed by atoms with Crippen molar-refractivity contribution in [3.8, 4) is 5.75 Å². The highest BCUT2D eigenvalue weighted by Crippen LogP contribution is 2.41. The molecule has 0 amide bonds. The molecule has 0 bridgehead atoms. The molecule has 1 unspecified atom stereocenters. The highest BCUT2D eigenvalue weighted by atomic mass is 16.5. The molecule has 1 aliphatic rings. The Morgan fingerprint density at radius 1 is 1.30 bits per heavy atom. The summed E-state index contributed by atoms with van der Waals surface area (Å²) in [6, 6.07) is 2.23. The van der Waals surface area contributed by atoms with Gasteiger partial charge in [0.05, 0.1) is 24.4 Å². The minimum atomic E-state index is -0.125. The molecule has 1 atom stereocenters. The number of hydrogen-bond donors (Lipinski definition) is 1. The van der Waals surface area contributed by atoms with Gasteiger partial charge < -0.3 is 14.8 Å². The van der Waals surface area contributed by atoms with Gasteiger partial charge in [-0.25, -0.2) is 0 Å². The Labute approximate surface area is 121 Å². The van der Waals surface area contributed by atoms with Crippen LogP contribution in [0.2, 0.25) is 0 Å². The Balaban J connectivity index is 2.27. The third kappa shape index (κ3) is 3.13. The number of nitrogens with one attached hydrogen (secondary N) is 1. The van der Waals surface area contributed by atoms with Gasteiger partial charge in [0.15, 0.2) is 0 Å². The average molecular weight is 278 g/mol. The van der Waals surface area contributed by atoms with E-state index in [1.54, 1.807) is 6.20 Å². The molecular weight excluding hydrogens is 252 g/mol. The number of pyridine rings is 1. The fourth-order valence-corrected chi connectivity index (χ4v) is 3.33. The minimum absolute atomic E-state index is 0.125. The lowest BCUT2D eigenvalue weighted by molar-refractivity contribution is -0.0672. The van der Waals surface area contributed by atoms with Crippen LogP contribution in [0.1, 0.15) is 50.6 Å². The van der Waals surface area contributed by atoms with Gasteiger partial charge in [-0.1, -0.05) is 19.3 Å². The predicted molar refractivity (Wildman–Crippen MR) is 80.0 cm³/mol. The van der Waals surface area contributed by atoms with Gasteiger partial charge in [0.25, 0.3) is 0 Å². The van der Waals surface area contributed by atoms with Crippen LogP contribution in [0.5, 0.6) is 5.75 Å². The molecule has 1 fully saturated rings. The monoisotopic (exact) mass is 278 g/mol. The van der Waals surface area contributed by atoms with Gasteiger partial charge in [-0.2, -0.15) is 0 Å². The summed E-state index contributed by atoms with van der Waals surface area (Å²) >= 11 is 0. The first-order chi connectivity index (χ1) is 9.75. The molecule has 0 aromatic carbocycles. The molecule has 1 aromatic heterocycles. The van der Waals surface area contributed by atoms with E-state index in [2.05, 4.69) is 16.4 Å². The van der Waals surface area contributed by atoms with Gasteiger partial charge in [0.1, 0.15) is 5.75 Å². The molecule has 1 N–H and O–H groups in total. The lowest BCUT2D eigenvalue weighted by Gasteiger charge is -2.42. The van der Waals surface area contributed by atoms with Gasteiger partial charge in [-0.05, 0) is 38.4 Å². The van der Waals surface area contributed by atoms with Gasteiger partial charge in [0, 0.05) is 13.3 Å². The van der Waals surface area contributed by atoms with Crippen LogP contribution in [0.4, 0.5) is 0 Å². The third-order valence-electron chi connectivity index (χ3n) is 4.30. The number of likely N-dealkylation sites (N-methyl/N-ethyl adjacent to an activating group) is 1. The Morgan fingerprint density at radius 2 is 2.05 bits per heavy atom. The number of ether oxygens (including phenoxy) is 2. The van der Waals surface area contributed by atoms with Crippen molar-refractivity contribution in [2.24, 2.45) is 0 Å². The molecule has 1 heterocycles. The van der Waals surface area contributed by atoms with Crippen molar-refractivity contribution in [2.45, 2.75) is 50.7 Å². The first kappa shape index (κ1) is 15.3. The topological polar surface area (TPSA) is 43.4 Å². The Bertz CT molecular complexity index is 417. The van der Waals surface area contributed by atoms with Crippen LogP contribution in [0, 0.1) is 0 Å². The third-order valence-corrected chi connectivity index (χ3v) is 4.30. The zero-order valence-electron chi connectivity index (χ0n) is 12.8. The van der Waals surface area contributed by atoms with E-state index in [4.69, 9.17) is 9.47 Å². The van der Waals surface area contributed by atoms with E-state index in [1.807, 2.05) is 27.3 Å². The van der Waals surface area contributed by atoms with E-state index in [0.717, 1.165) is 24.2 Å². The normalized spacial score (nSPS) is 19.6. The van der Waals surface area contributed by atoms with Crippen molar-refractivity contribution in [1.82, 2.24) is 10.3 Å². The standard InChI is InChI=1S/C16H26N2O2/c1-4-20-14-10-13(11-18-12-14)15(17-2)16(19-3)8-6-5-7-9-16/h10-12,15,17H,4-9H2,1-3H3. The second-order valence-electron chi connectivity index (χ2n) is 5.44. The summed E-state index contributed by atoms with van der Waals surface area (Å²) in [5.74, 6) is 0.826. The zero-order valence-corrected chi connectivity index (χ0v) is 12.8. The average Bonchev–Trinajstić information content (AvgIpc) is 2.50. The van der Waals surface area contributed by atoms with Crippen LogP contribution < -0.4 is 10.1 Å². The highest BCUT2D eigenvalue weighted by molar-refractivity contribution is 5.28. The largest absolute Gasteiger partial charge is 0.492 e. The summed E-state index contributed by atoms with van der Waals surface area (Å²) in [7, 11) is 3.82. The number of hydrogen-bond acceptors (Lipinski definition) is 4. The van der Waals surface area contributed by atoms with E-state index < -0.39 is 0 Å². The van der Waals surface area contributed by atoms with Crippen molar-refractivity contribution in [3.05, 3.63) is 24.0 Å². The molecule has 2 rings (SSSR count). The van der Waals surface area contributed by atoms with Crippen LogP contribution in [-0.4, -0.2) is 31.3 Å². The number of aromatic nitrogens is 1. The first-order valence-corrected chi connectivity index (χ1v) is 7.56. The fraction of sp³-hybridized carbons (Fsp3) is 0.688. The molecule has 1 aliphatic carbocycles. The smallest absolute Gasteiger partial charge is 0.137 e. The van der Waals surface area contributed by atoms with Crippen molar-refractivity contribution < 1.29 is 9.47 Å². The number of nitrogens with zero attached hydrogens (tertiary/aromatic N) is 1. The molecule has 112 valence electrons. The van der Waals surface area contributed by atoms with Crippen LogP contribution in [-0.2, 0) is 4.74 Å². The van der Waals surface area contributed by atoms with E-state index in [-0.39, 0.29) is 11.6 Å². The fourth-order valence-electron chi connectivity index (χ4n) is 3.33. The molecule has 4 heteroatoms. The molecule has 1 aromatic rings. The molecule has 0 spiro atoms. The predicted octanol–water partition coefficient (Wildman–Crippen LogP) is 3.09. The van der Waals surface area contributed by atoms with E-state index in [1.165, 1.54) is 19.3 Å². The summed E-state index contributed by atoms with van der Waals surface area (Å²) in [6.07, 6.45) is 9.62. The summed E-state index contributed by atoms with van der Waals surface area (Å²) < 4.78 is 11.5. The Morgan fingerprint density at radius 3 is 2.65 bits per heavy atom. The second-order valence-corrected chi connectivity index (χ2v) is 5.44. The lowest BCUT2D eigenvalue weighted by atomic mass is 9.77. The van der Waals surface area contributed by atoms with E-state index >= 15 is 0 Å². The first-order valence-electron chi connectivity index (χ1n) is 7.56. The lowest BCUT2D eigenvalue weighted by Crippen LogP contribution is -2.46.